The first-order chi connectivity index (χ1) is 4.34. The first-order valence-electron chi connectivity index (χ1n) is 2.72. The molecule has 0 aliphatic rings. The van der Waals surface area contributed by atoms with Crippen molar-refractivity contribution in [1.29, 1.82) is 0 Å². The third-order valence-corrected chi connectivity index (χ3v) is 1.60. The van der Waals surface area contributed by atoms with Gasteiger partial charge in [0.05, 0.1) is 6.61 Å². The summed E-state index contributed by atoms with van der Waals surface area (Å²) in [7, 11) is 0. The minimum Gasteiger partial charge on any atom is -0.392 e. The van der Waals surface area contributed by atoms with Gasteiger partial charge in [-0.2, -0.15) is 0 Å². The zero-order valence-corrected chi connectivity index (χ0v) is 7.59. The fourth-order valence-electron chi connectivity index (χ4n) is 0.645. The first-order valence-corrected chi connectivity index (χ1v) is 3.17. The molecule has 0 fully saturated rings. The Morgan fingerprint density at radius 2 is 1.90 bits per heavy atom. The predicted octanol–water partition coefficient (Wildman–Crippen LogP) is 1.47. The summed E-state index contributed by atoms with van der Waals surface area (Å²) in [5.41, 5.74) is 0.876. The van der Waals surface area contributed by atoms with Crippen LogP contribution in [-0.4, -0.2) is 5.11 Å². The molecule has 1 rings (SSSR count). The molecule has 0 heterocycles. The summed E-state index contributed by atoms with van der Waals surface area (Å²) in [4.78, 5) is 0.847. The van der Waals surface area contributed by atoms with Gasteiger partial charge in [0.2, 0.25) is 0 Å². The van der Waals surface area contributed by atoms with Crippen LogP contribution in [-0.2, 0) is 29.0 Å². The van der Waals surface area contributed by atoms with E-state index in [1.54, 1.807) is 0 Å². The average molecular weight is 248 g/mol. The molecule has 0 atom stereocenters. The van der Waals surface area contributed by atoms with Gasteiger partial charge in [0.15, 0.2) is 0 Å². The van der Waals surface area contributed by atoms with Crippen LogP contribution in [0, 0.1) is 0 Å². The largest absolute Gasteiger partial charge is 0.392 e. The second-order valence-electron chi connectivity index (χ2n) is 1.79. The van der Waals surface area contributed by atoms with Crippen LogP contribution < -0.4 is 0 Å². The summed E-state index contributed by atoms with van der Waals surface area (Å²) in [5.74, 6) is 0. The van der Waals surface area contributed by atoms with E-state index >= 15 is 0 Å². The Kier molecular flexibility index (Phi) is 5.13. The third kappa shape index (κ3) is 2.48. The van der Waals surface area contributed by atoms with Gasteiger partial charge in [0.1, 0.15) is 0 Å². The molecule has 1 radical (unpaired) electrons. The summed E-state index contributed by atoms with van der Waals surface area (Å²) < 4.78 is 0. The minimum atomic E-state index is 0. The van der Waals surface area contributed by atoms with E-state index in [1.165, 1.54) is 0 Å². The van der Waals surface area contributed by atoms with Gasteiger partial charge in [-0.1, -0.05) is 18.2 Å². The third-order valence-electron chi connectivity index (χ3n) is 1.16. The van der Waals surface area contributed by atoms with Crippen LogP contribution in [0.1, 0.15) is 5.56 Å². The Labute approximate surface area is 81.4 Å². The molecule has 0 spiro atoms. The Morgan fingerprint density at radius 3 is 2.30 bits per heavy atom. The van der Waals surface area contributed by atoms with Gasteiger partial charge in [-0.15, -0.1) is 12.6 Å². The summed E-state index contributed by atoms with van der Waals surface area (Å²) in [6.07, 6.45) is 0. The van der Waals surface area contributed by atoms with Crippen molar-refractivity contribution in [2.45, 2.75) is 11.5 Å². The normalized spacial score (nSPS) is 8.60. The van der Waals surface area contributed by atoms with E-state index in [0.717, 1.165) is 10.5 Å². The molecule has 3 heteroatoms. The molecule has 59 valence electrons. The van der Waals surface area contributed by atoms with Crippen LogP contribution in [0.25, 0.3) is 0 Å². The molecular formula is C7H8AgOS. The van der Waals surface area contributed by atoms with Crippen LogP contribution in [0.4, 0.5) is 0 Å². The van der Waals surface area contributed by atoms with E-state index in [9.17, 15) is 0 Å². The van der Waals surface area contributed by atoms with Crippen molar-refractivity contribution in [3.05, 3.63) is 29.8 Å². The van der Waals surface area contributed by atoms with E-state index in [-0.39, 0.29) is 29.0 Å². The van der Waals surface area contributed by atoms with Crippen LogP contribution in [0.5, 0.6) is 0 Å². The molecular weight excluding hydrogens is 240 g/mol. The number of rotatable bonds is 1. The molecule has 0 aliphatic heterocycles. The molecule has 0 bridgehead atoms. The molecule has 1 nitrogen and oxygen atoms in total. The van der Waals surface area contributed by atoms with Crippen molar-refractivity contribution in [2.24, 2.45) is 0 Å². The Morgan fingerprint density at radius 1 is 1.30 bits per heavy atom. The molecule has 0 saturated carbocycles. The van der Waals surface area contributed by atoms with Crippen molar-refractivity contribution >= 4 is 12.6 Å². The number of hydrogen-bond acceptors (Lipinski definition) is 2. The predicted molar refractivity (Wildman–Crippen MR) is 39.6 cm³/mol. The summed E-state index contributed by atoms with van der Waals surface area (Å²) in [6, 6.07) is 7.48. The maximum absolute atomic E-state index is 8.67. The second kappa shape index (κ2) is 4.99. The first kappa shape index (κ1) is 10.3. The molecule has 1 aromatic carbocycles. The number of aliphatic hydroxyl groups is 1. The van der Waals surface area contributed by atoms with E-state index in [0.29, 0.717) is 0 Å². The molecule has 1 aromatic rings. The molecule has 0 amide bonds. The maximum atomic E-state index is 8.67. The van der Waals surface area contributed by atoms with Crippen molar-refractivity contribution in [1.82, 2.24) is 0 Å². The van der Waals surface area contributed by atoms with E-state index in [1.807, 2.05) is 24.3 Å². The van der Waals surface area contributed by atoms with Gasteiger partial charge in [-0.05, 0) is 11.6 Å². The van der Waals surface area contributed by atoms with Crippen LogP contribution in [0.15, 0.2) is 29.2 Å². The summed E-state index contributed by atoms with van der Waals surface area (Å²) >= 11 is 4.12. The van der Waals surface area contributed by atoms with Crippen molar-refractivity contribution in [3.8, 4) is 0 Å². The van der Waals surface area contributed by atoms with E-state index in [2.05, 4.69) is 12.6 Å². The van der Waals surface area contributed by atoms with E-state index < -0.39 is 0 Å². The Bertz CT molecular complexity index is 203. The molecule has 1 N–H and O–H groups in total. The maximum Gasteiger partial charge on any atom is 0.0692 e. The van der Waals surface area contributed by atoms with Gasteiger partial charge < -0.3 is 5.11 Å². The van der Waals surface area contributed by atoms with Gasteiger partial charge in [-0.25, -0.2) is 0 Å². The van der Waals surface area contributed by atoms with Crippen LogP contribution in [0.2, 0.25) is 0 Å². The Hall–Kier alpha value is 0.270. The van der Waals surface area contributed by atoms with E-state index in [4.69, 9.17) is 5.11 Å². The van der Waals surface area contributed by atoms with Crippen molar-refractivity contribution in [3.63, 3.8) is 0 Å². The second-order valence-corrected chi connectivity index (χ2v) is 2.27. The zero-order chi connectivity index (χ0) is 6.69. The molecule has 0 aliphatic carbocycles. The monoisotopic (exact) mass is 247 g/mol. The topological polar surface area (TPSA) is 20.2 Å². The Balaban J connectivity index is 0.000000810. The fourth-order valence-corrected chi connectivity index (χ4v) is 0.876. The van der Waals surface area contributed by atoms with Crippen molar-refractivity contribution < 1.29 is 27.5 Å². The van der Waals surface area contributed by atoms with Gasteiger partial charge in [0, 0.05) is 27.3 Å². The standard InChI is InChI=1S/C7H8OS.Ag/c8-5-6-3-1-2-4-7(6)9;/h1-4,8-9H,5H2;. The van der Waals surface area contributed by atoms with Crippen LogP contribution >= 0.6 is 12.6 Å². The summed E-state index contributed by atoms with van der Waals surface area (Å²) in [6.45, 7) is 0.0691. The average Bonchev–Trinajstić information content (AvgIpc) is 1.89. The van der Waals surface area contributed by atoms with Gasteiger partial charge in [-0.3, -0.25) is 0 Å². The number of hydrogen-bond donors (Lipinski definition) is 2. The molecule has 10 heavy (non-hydrogen) atoms. The fraction of sp³-hybridized carbons (Fsp3) is 0.143. The summed E-state index contributed by atoms with van der Waals surface area (Å²) in [5, 5.41) is 8.67. The van der Waals surface area contributed by atoms with Crippen molar-refractivity contribution in [2.75, 3.05) is 0 Å². The minimum absolute atomic E-state index is 0. The number of aliphatic hydroxyl groups excluding tert-OH is 1. The van der Waals surface area contributed by atoms with Crippen LogP contribution in [0.3, 0.4) is 0 Å². The van der Waals surface area contributed by atoms with Gasteiger partial charge >= 0.3 is 0 Å². The molecule has 0 unspecified atom stereocenters. The quantitative estimate of drug-likeness (QED) is 0.569. The smallest absolute Gasteiger partial charge is 0.0692 e. The molecule has 0 saturated heterocycles. The zero-order valence-electron chi connectivity index (χ0n) is 5.21. The SMILES string of the molecule is OCc1ccccc1S.[Ag]. The molecule has 0 aromatic heterocycles. The van der Waals surface area contributed by atoms with Gasteiger partial charge in [0.25, 0.3) is 0 Å². The number of thiol groups is 1. The number of benzene rings is 1.